The zero-order chi connectivity index (χ0) is 18.8. The van der Waals surface area contributed by atoms with Crippen LogP contribution in [-0.2, 0) is 19.5 Å². The minimum Gasteiger partial charge on any atom is -1.00 e. The molecule has 0 aliphatic heterocycles. The fourth-order valence-corrected chi connectivity index (χ4v) is 3.21. The van der Waals surface area contributed by atoms with Crippen molar-refractivity contribution in [2.45, 2.75) is 56.2 Å². The van der Waals surface area contributed by atoms with Gasteiger partial charge in [-0.1, -0.05) is 56.1 Å². The number of diazo groups is 1. The molecule has 0 heterocycles. The van der Waals surface area contributed by atoms with Crippen molar-refractivity contribution in [2.24, 2.45) is 0 Å². The summed E-state index contributed by atoms with van der Waals surface area (Å²) < 4.78 is 11.8. The predicted octanol–water partition coefficient (Wildman–Crippen LogP) is -2.00. The van der Waals surface area contributed by atoms with Gasteiger partial charge in [0.25, 0.3) is 0 Å². The molecule has 162 valence electrons. The minimum absolute atomic E-state index is 0. The van der Waals surface area contributed by atoms with Crippen LogP contribution in [0, 0.1) is 12.3 Å². The van der Waals surface area contributed by atoms with Gasteiger partial charge in [-0.25, -0.2) is 0 Å². The number of benzene rings is 2. The van der Waals surface area contributed by atoms with E-state index in [0.717, 1.165) is 41.2 Å². The number of hydrogen-bond acceptors (Lipinski definition) is 4. The second-order valence-electron chi connectivity index (χ2n) is 6.19. The van der Waals surface area contributed by atoms with E-state index in [1.807, 2.05) is 6.07 Å². The molecule has 0 aliphatic rings. The third-order valence-electron chi connectivity index (χ3n) is 3.89. The van der Waals surface area contributed by atoms with E-state index in [1.54, 1.807) is 17.8 Å². The van der Waals surface area contributed by atoms with Crippen molar-refractivity contribution in [3.05, 3.63) is 46.9 Å². The van der Waals surface area contributed by atoms with Crippen molar-refractivity contribution in [1.82, 2.24) is 0 Å². The summed E-state index contributed by atoms with van der Waals surface area (Å²) in [7, 11) is 0. The largest absolute Gasteiger partial charge is 2.00 e. The third kappa shape index (κ3) is 11.1. The molecule has 0 spiro atoms. The number of unbranched alkanes of at least 4 members (excludes halogenated alkanes) is 2. The normalized spacial score (nSPS) is 9.00. The van der Waals surface area contributed by atoms with Crippen molar-refractivity contribution in [1.29, 1.82) is 5.39 Å². The third-order valence-corrected chi connectivity index (χ3v) is 4.94. The number of ether oxygens (including phenoxy) is 2. The van der Waals surface area contributed by atoms with Gasteiger partial charge in [0.1, 0.15) is 5.75 Å². The topological polar surface area (TPSA) is 46.6 Å². The van der Waals surface area contributed by atoms with E-state index in [-0.39, 0.29) is 56.7 Å². The molecule has 0 aliphatic carbocycles. The number of halogens is 3. The first-order valence-electron chi connectivity index (χ1n) is 9.21. The Labute approximate surface area is 215 Å². The van der Waals surface area contributed by atoms with E-state index in [9.17, 15) is 5.39 Å². The Morgan fingerprint density at radius 2 is 1.40 bits per heavy atom. The van der Waals surface area contributed by atoms with Gasteiger partial charge in [-0.05, 0) is 31.9 Å². The summed E-state index contributed by atoms with van der Waals surface area (Å²) in [5, 5.41) is 9.36. The summed E-state index contributed by atoms with van der Waals surface area (Å²) in [6.07, 6.45) is 4.06. The van der Waals surface area contributed by atoms with E-state index in [1.165, 1.54) is 5.56 Å². The van der Waals surface area contributed by atoms with Gasteiger partial charge in [0.15, 0.2) is 4.98 Å². The van der Waals surface area contributed by atoms with Crippen LogP contribution in [0.5, 0.6) is 11.5 Å². The fraction of sp³-hybridized carbons (Fsp3) is 0.429. The first-order chi connectivity index (χ1) is 12.7. The second kappa shape index (κ2) is 19.0. The summed E-state index contributed by atoms with van der Waals surface area (Å²) in [4.78, 5) is 5.47. The van der Waals surface area contributed by atoms with Gasteiger partial charge < -0.3 is 46.7 Å². The van der Waals surface area contributed by atoms with Gasteiger partial charge in [-0.3, -0.25) is 0 Å². The van der Waals surface area contributed by atoms with Crippen LogP contribution in [0.1, 0.15) is 45.1 Å². The Morgan fingerprint density at radius 3 is 1.90 bits per heavy atom. The molecule has 0 N–H and O–H groups in total. The maximum absolute atomic E-state index is 9.36. The summed E-state index contributed by atoms with van der Waals surface area (Å²) in [6, 6.07) is 12.0. The molecule has 30 heavy (non-hydrogen) atoms. The quantitative estimate of drug-likeness (QED) is 0.198. The molecular weight excluding hydrogens is 516 g/mol. The molecule has 0 unspecified atom stereocenters. The van der Waals surface area contributed by atoms with Crippen LogP contribution < -0.4 is 46.7 Å². The average Bonchev–Trinajstić information content (AvgIpc) is 2.65. The maximum Gasteiger partial charge on any atom is 2.00 e. The van der Waals surface area contributed by atoms with E-state index in [4.69, 9.17) is 9.47 Å². The average molecular weight is 543 g/mol. The molecule has 0 bridgehead atoms. The van der Waals surface area contributed by atoms with Crippen LogP contribution in [-0.4, -0.2) is 13.2 Å². The summed E-state index contributed by atoms with van der Waals surface area (Å²) in [6.45, 7) is 7.56. The predicted molar refractivity (Wildman–Crippen MR) is 107 cm³/mol. The molecule has 0 saturated carbocycles. The number of hydrogen-bond donors (Lipinski definition) is 0. The van der Waals surface area contributed by atoms with Crippen molar-refractivity contribution in [2.75, 3.05) is 13.2 Å². The second-order valence-corrected chi connectivity index (χ2v) is 7.30. The van der Waals surface area contributed by atoms with Crippen LogP contribution in [0.3, 0.4) is 0 Å². The van der Waals surface area contributed by atoms with Gasteiger partial charge >= 0.3 is 25.2 Å². The van der Waals surface area contributed by atoms with Crippen molar-refractivity contribution >= 4 is 17.4 Å². The Hall–Kier alpha value is -0.697. The molecular formula is C21H27Cl3N2O2SZn. The van der Waals surface area contributed by atoms with Crippen LogP contribution in [0.15, 0.2) is 46.2 Å². The standard InChI is InChI=1S/C21H27N2O2S.3ClH.Zn/c1-4-6-12-24-19-15-21(26-17-10-8-16(3)9-11-17)20(14-18(19)23-22)25-13-7-5-2;;;;/h8-11,14-15H,4-7,12-13H2,1-3H3;3*1H;/q+1;;;;+2/p-3. The molecule has 0 amide bonds. The molecule has 2 aromatic rings. The SMILES string of the molecule is CCCCOc1cc(Sc2ccc(C)cc2)c(OCCCC)cc1[N+]#N.[Cl-].[Cl-].[Cl-].[Zn+2]. The maximum atomic E-state index is 9.36. The first-order valence-corrected chi connectivity index (χ1v) is 10.0. The molecule has 0 saturated heterocycles. The Bertz CT molecular complexity index is 759. The van der Waals surface area contributed by atoms with Gasteiger partial charge in [0.2, 0.25) is 11.1 Å². The van der Waals surface area contributed by atoms with E-state index in [2.05, 4.69) is 50.0 Å². The number of nitrogens with zero attached hydrogens (tertiary/aromatic N) is 2. The fourth-order valence-electron chi connectivity index (χ4n) is 2.30. The van der Waals surface area contributed by atoms with Crippen molar-refractivity contribution in [3.8, 4) is 11.5 Å². The Kier molecular flexibility index (Phi) is 21.5. The molecule has 0 atom stereocenters. The molecule has 2 aromatic carbocycles. The van der Waals surface area contributed by atoms with Gasteiger partial charge in [-0.2, -0.15) is 0 Å². The Balaban J connectivity index is -0.00000182. The Morgan fingerprint density at radius 1 is 0.867 bits per heavy atom. The summed E-state index contributed by atoms with van der Waals surface area (Å²) in [5.74, 6) is 1.30. The van der Waals surface area contributed by atoms with Crippen LogP contribution in [0.4, 0.5) is 5.69 Å². The zero-order valence-corrected chi connectivity index (χ0v) is 23.7. The molecule has 4 nitrogen and oxygen atoms in total. The minimum atomic E-state index is 0. The smallest absolute Gasteiger partial charge is 1.00 e. The first kappa shape index (κ1) is 33.9. The van der Waals surface area contributed by atoms with Crippen molar-refractivity contribution < 1.29 is 66.2 Å². The number of rotatable bonds is 10. The molecule has 2 rings (SSSR count). The summed E-state index contributed by atoms with van der Waals surface area (Å²) in [5.41, 5.74) is 1.63. The molecule has 0 radical (unpaired) electrons. The molecule has 0 aromatic heterocycles. The van der Waals surface area contributed by atoms with Crippen molar-refractivity contribution in [3.63, 3.8) is 0 Å². The van der Waals surface area contributed by atoms with Crippen LogP contribution in [0.25, 0.3) is 4.98 Å². The van der Waals surface area contributed by atoms with Gasteiger partial charge in [-0.15, -0.1) is 0 Å². The number of aryl methyl sites for hydroxylation is 1. The van der Waals surface area contributed by atoms with E-state index in [0.29, 0.717) is 24.7 Å². The molecule has 0 fully saturated rings. The van der Waals surface area contributed by atoms with E-state index < -0.39 is 0 Å². The van der Waals surface area contributed by atoms with Gasteiger partial charge in [0, 0.05) is 11.0 Å². The molecule has 9 heteroatoms. The van der Waals surface area contributed by atoms with Gasteiger partial charge in [0.05, 0.1) is 24.2 Å². The summed E-state index contributed by atoms with van der Waals surface area (Å²) >= 11 is 1.63. The monoisotopic (exact) mass is 540 g/mol. The van der Waals surface area contributed by atoms with E-state index >= 15 is 0 Å². The van der Waals surface area contributed by atoms with Crippen LogP contribution in [0.2, 0.25) is 0 Å². The zero-order valence-electron chi connectivity index (χ0n) is 17.7. The van der Waals surface area contributed by atoms with Crippen LogP contribution >= 0.6 is 11.8 Å².